The van der Waals surface area contributed by atoms with Gasteiger partial charge < -0.3 is 24.0 Å². The molecule has 2 aromatic heterocycles. The highest BCUT2D eigenvalue weighted by atomic mass is 19.1. The van der Waals surface area contributed by atoms with Crippen LogP contribution in [0.1, 0.15) is 40.7 Å². The molecule has 0 spiro atoms. The first-order chi connectivity index (χ1) is 19.9. The van der Waals surface area contributed by atoms with Gasteiger partial charge in [-0.25, -0.2) is 4.39 Å². The summed E-state index contributed by atoms with van der Waals surface area (Å²) in [5.74, 6) is 0.150. The Balaban J connectivity index is 1.81. The van der Waals surface area contributed by atoms with Gasteiger partial charge in [0, 0.05) is 66.5 Å². The number of hydrogen-bond acceptors (Lipinski definition) is 5. The predicted octanol–water partition coefficient (Wildman–Crippen LogP) is 6.00. The third kappa shape index (κ3) is 5.45. The number of methoxy groups -OCH3 is 1. The molecule has 9 heteroatoms. The summed E-state index contributed by atoms with van der Waals surface area (Å²) in [4.78, 5) is 27.3. The number of ether oxygens (including phenoxy) is 1. The zero-order valence-electron chi connectivity index (χ0n) is 23.7. The molecule has 1 N–H and O–H groups in total. The summed E-state index contributed by atoms with van der Waals surface area (Å²) in [7, 11) is 1.63. The van der Waals surface area contributed by atoms with E-state index < -0.39 is 0 Å². The van der Waals surface area contributed by atoms with E-state index in [9.17, 15) is 14.0 Å². The third-order valence-corrected chi connectivity index (χ3v) is 7.31. The molecule has 0 unspecified atom stereocenters. The average Bonchev–Trinajstić information content (AvgIpc) is 3.47. The van der Waals surface area contributed by atoms with Gasteiger partial charge in [-0.1, -0.05) is 17.3 Å². The van der Waals surface area contributed by atoms with E-state index in [2.05, 4.69) is 15.0 Å². The molecule has 5 rings (SSSR count). The van der Waals surface area contributed by atoms with Crippen LogP contribution in [0.2, 0.25) is 0 Å². The highest BCUT2D eigenvalue weighted by Crippen LogP contribution is 2.39. The Kier molecular flexibility index (Phi) is 8.16. The van der Waals surface area contributed by atoms with Crippen molar-refractivity contribution >= 4 is 39.8 Å². The van der Waals surface area contributed by atoms with Gasteiger partial charge in [0.25, 0.3) is 5.91 Å². The topological polar surface area (TPSA) is 89.6 Å². The number of benzene rings is 3. The molecule has 41 heavy (non-hydrogen) atoms. The van der Waals surface area contributed by atoms with Gasteiger partial charge in [0.2, 0.25) is 6.41 Å². The Bertz CT molecular complexity index is 1700. The minimum Gasteiger partial charge on any atom is -0.385 e. The maximum atomic E-state index is 13.7. The third-order valence-electron chi connectivity index (χ3n) is 7.31. The van der Waals surface area contributed by atoms with Crippen LogP contribution in [0.25, 0.3) is 32.9 Å². The zero-order valence-corrected chi connectivity index (χ0v) is 23.7. The molecular weight excluding hydrogens is 523 g/mol. The van der Waals surface area contributed by atoms with Crippen molar-refractivity contribution in [1.29, 1.82) is 0 Å². The van der Waals surface area contributed by atoms with Crippen LogP contribution in [0.5, 0.6) is 0 Å². The number of hydrogen-bond donors (Lipinski definition) is 1. The van der Waals surface area contributed by atoms with Crippen LogP contribution in [0, 0.1) is 19.7 Å². The van der Waals surface area contributed by atoms with Crippen LogP contribution in [0.3, 0.4) is 0 Å². The molecule has 0 radical (unpaired) electrons. The van der Waals surface area contributed by atoms with Crippen molar-refractivity contribution in [3.8, 4) is 11.1 Å². The fraction of sp³-hybridized carbons (Fsp3) is 0.281. The van der Waals surface area contributed by atoms with E-state index >= 15 is 0 Å². The summed E-state index contributed by atoms with van der Waals surface area (Å²) in [6.07, 6.45) is 1.50. The van der Waals surface area contributed by atoms with E-state index in [1.165, 1.54) is 12.1 Å². The number of nitrogens with zero attached hydrogens (tertiary/aromatic N) is 3. The van der Waals surface area contributed by atoms with Crippen LogP contribution in [-0.2, 0) is 16.1 Å². The van der Waals surface area contributed by atoms with Gasteiger partial charge in [-0.3, -0.25) is 9.59 Å². The van der Waals surface area contributed by atoms with Crippen LogP contribution in [-0.4, -0.2) is 48.8 Å². The molecule has 0 aliphatic rings. The van der Waals surface area contributed by atoms with Crippen molar-refractivity contribution in [2.24, 2.45) is 0 Å². The van der Waals surface area contributed by atoms with Crippen molar-refractivity contribution in [3.63, 3.8) is 0 Å². The first kappa shape index (κ1) is 28.0. The first-order valence-corrected chi connectivity index (χ1v) is 13.6. The quantitative estimate of drug-likeness (QED) is 0.159. The maximum Gasteiger partial charge on any atom is 0.252 e. The second-order valence-corrected chi connectivity index (χ2v) is 10.0. The number of aromatic nitrogens is 2. The van der Waals surface area contributed by atoms with Crippen LogP contribution >= 0.6 is 0 Å². The second kappa shape index (κ2) is 11.9. The van der Waals surface area contributed by atoms with Gasteiger partial charge in [0.15, 0.2) is 0 Å². The zero-order chi connectivity index (χ0) is 29.1. The molecule has 0 aliphatic carbocycles. The predicted molar refractivity (Wildman–Crippen MR) is 158 cm³/mol. The number of carbonyl (C=O) groups excluding carboxylic acids is 2. The molecule has 2 heterocycles. The largest absolute Gasteiger partial charge is 0.385 e. The lowest BCUT2D eigenvalue weighted by molar-refractivity contribution is -0.107. The lowest BCUT2D eigenvalue weighted by Gasteiger charge is -2.17. The van der Waals surface area contributed by atoms with Crippen LogP contribution in [0.15, 0.2) is 59.1 Å². The van der Waals surface area contributed by atoms with Crippen LogP contribution < -0.4 is 10.2 Å². The molecule has 0 atom stereocenters. The number of rotatable bonds is 11. The van der Waals surface area contributed by atoms with Crippen molar-refractivity contribution < 1.29 is 23.2 Å². The molecule has 0 aliphatic heterocycles. The Hall–Kier alpha value is -4.50. The van der Waals surface area contributed by atoms with Gasteiger partial charge in [-0.15, -0.1) is 0 Å². The van der Waals surface area contributed by atoms with Gasteiger partial charge >= 0.3 is 0 Å². The minimum absolute atomic E-state index is 0.204. The molecule has 5 aromatic rings. The SMILES string of the molecule is CCNC(=O)c1cc(-c2c(C)noc2C)cc2c1c1cc(N(C=O)CCCOC)ccc1n2Cc1ccc(F)cc1. The van der Waals surface area contributed by atoms with E-state index in [4.69, 9.17) is 9.26 Å². The standard InChI is InChI=1S/C32H33FN4O4/c1-5-34-32(39)27-15-23(30-20(2)35-41-21(30)3)16-29-31(27)26-17-25(36(19-38)13-6-14-40-4)11-12-28(26)37(29)18-22-7-9-24(33)10-8-22/h7-12,15-17,19H,5-6,13-14,18H2,1-4H3,(H,34,39). The Labute approximate surface area is 237 Å². The summed E-state index contributed by atoms with van der Waals surface area (Å²) in [6.45, 7) is 7.55. The molecule has 0 fully saturated rings. The highest BCUT2D eigenvalue weighted by Gasteiger charge is 2.23. The normalized spacial score (nSPS) is 11.3. The second-order valence-electron chi connectivity index (χ2n) is 10.0. The first-order valence-electron chi connectivity index (χ1n) is 13.6. The Morgan fingerprint density at radius 1 is 1.12 bits per heavy atom. The fourth-order valence-corrected chi connectivity index (χ4v) is 5.43. The van der Waals surface area contributed by atoms with E-state index in [1.807, 2.05) is 51.1 Å². The number of amides is 2. The number of halogens is 1. The van der Waals surface area contributed by atoms with E-state index in [-0.39, 0.29) is 11.7 Å². The van der Waals surface area contributed by atoms with Crippen LogP contribution in [0.4, 0.5) is 10.1 Å². The van der Waals surface area contributed by atoms with Gasteiger partial charge in [0.05, 0.1) is 11.2 Å². The van der Waals surface area contributed by atoms with E-state index in [1.54, 1.807) is 24.1 Å². The molecule has 3 aromatic carbocycles. The maximum absolute atomic E-state index is 13.7. The summed E-state index contributed by atoms with van der Waals surface area (Å²) in [6, 6.07) is 16.2. The monoisotopic (exact) mass is 556 g/mol. The number of carbonyl (C=O) groups is 2. The Morgan fingerprint density at radius 3 is 2.56 bits per heavy atom. The van der Waals surface area contributed by atoms with E-state index in [0.29, 0.717) is 44.0 Å². The summed E-state index contributed by atoms with van der Waals surface area (Å²) >= 11 is 0. The Morgan fingerprint density at radius 2 is 1.90 bits per heavy atom. The van der Waals surface area contributed by atoms with Gasteiger partial charge in [-0.05, 0) is 80.8 Å². The summed E-state index contributed by atoms with van der Waals surface area (Å²) in [5.41, 5.74) is 6.23. The van der Waals surface area contributed by atoms with Crippen molar-refractivity contribution in [2.75, 3.05) is 31.7 Å². The lowest BCUT2D eigenvalue weighted by atomic mass is 9.97. The lowest BCUT2D eigenvalue weighted by Crippen LogP contribution is -2.23. The number of fused-ring (bicyclic) bond motifs is 3. The van der Waals surface area contributed by atoms with Gasteiger partial charge in [0.1, 0.15) is 11.6 Å². The molecule has 2 amide bonds. The molecule has 8 nitrogen and oxygen atoms in total. The molecule has 0 bridgehead atoms. The summed E-state index contributed by atoms with van der Waals surface area (Å²) in [5, 5.41) is 8.70. The number of nitrogens with one attached hydrogen (secondary N) is 1. The molecular formula is C32H33FN4O4. The minimum atomic E-state index is -0.303. The van der Waals surface area contributed by atoms with Crippen molar-refractivity contribution in [1.82, 2.24) is 15.0 Å². The smallest absolute Gasteiger partial charge is 0.252 e. The fourth-order valence-electron chi connectivity index (χ4n) is 5.43. The highest BCUT2D eigenvalue weighted by molar-refractivity contribution is 6.20. The van der Waals surface area contributed by atoms with Gasteiger partial charge in [-0.2, -0.15) is 0 Å². The number of aryl methyl sites for hydroxylation is 2. The number of anilines is 1. The van der Waals surface area contributed by atoms with Crippen molar-refractivity contribution in [2.45, 2.75) is 33.7 Å². The molecule has 0 saturated heterocycles. The van der Waals surface area contributed by atoms with Crippen molar-refractivity contribution in [3.05, 3.63) is 83.0 Å². The van der Waals surface area contributed by atoms with E-state index in [0.717, 1.165) is 56.3 Å². The molecule has 0 saturated carbocycles. The molecule has 212 valence electrons. The summed E-state index contributed by atoms with van der Waals surface area (Å²) < 4.78 is 26.5. The average molecular weight is 557 g/mol.